The number of hydrazone groups is 1. The third kappa shape index (κ3) is 4.82. The summed E-state index contributed by atoms with van der Waals surface area (Å²) in [6.45, 7) is 6.95. The van der Waals surface area contributed by atoms with Crippen LogP contribution < -0.4 is 9.14 Å². The number of anilines is 1. The molecule has 0 amide bonds. The Morgan fingerprint density at radius 1 is 0.923 bits per heavy atom. The highest BCUT2D eigenvalue weighted by molar-refractivity contribution is 9.10. The van der Waals surface area contributed by atoms with E-state index < -0.39 is 11.5 Å². The van der Waals surface area contributed by atoms with Gasteiger partial charge in [0.1, 0.15) is 17.0 Å². The zero-order valence-electron chi connectivity index (χ0n) is 21.9. The van der Waals surface area contributed by atoms with Gasteiger partial charge in [-0.05, 0) is 70.2 Å². The van der Waals surface area contributed by atoms with Gasteiger partial charge in [0, 0.05) is 22.2 Å². The monoisotopic (exact) mass is 598 g/mol. The number of nitrogens with one attached hydrogen (secondary N) is 1. The highest BCUT2D eigenvalue weighted by Gasteiger charge is 2.33. The van der Waals surface area contributed by atoms with Crippen LogP contribution in [-0.2, 0) is 24.5 Å². The van der Waals surface area contributed by atoms with Crippen molar-refractivity contribution in [2.45, 2.75) is 33.7 Å². The number of hydrogen-bond acceptors (Lipinski definition) is 6. The van der Waals surface area contributed by atoms with Crippen LogP contribution in [0.2, 0.25) is 0 Å². The lowest BCUT2D eigenvalue weighted by atomic mass is 9.98. The Labute approximate surface area is 239 Å². The van der Waals surface area contributed by atoms with Crippen molar-refractivity contribution in [2.75, 3.05) is 4.41 Å². The number of rotatable bonds is 6. The van der Waals surface area contributed by atoms with Crippen LogP contribution >= 0.6 is 15.9 Å². The number of pyridine rings is 1. The second-order valence-corrected chi connectivity index (χ2v) is 11.4. The predicted octanol–water partition coefficient (Wildman–Crippen LogP) is 6.44. The van der Waals surface area contributed by atoms with Gasteiger partial charge < -0.3 is 9.12 Å². The topological polar surface area (TPSA) is 81.4 Å². The molecule has 0 saturated carbocycles. The normalized spacial score (nSPS) is 15.1. The summed E-state index contributed by atoms with van der Waals surface area (Å²) in [5.41, 5.74) is 8.92. The zero-order chi connectivity index (χ0) is 27.1. The number of aryl methyl sites for hydroxylation is 3. The van der Waals surface area contributed by atoms with Crippen LogP contribution in [0.15, 0.2) is 88.4 Å². The summed E-state index contributed by atoms with van der Waals surface area (Å²) < 4.78 is 20.5. The van der Waals surface area contributed by atoms with Gasteiger partial charge in [-0.2, -0.15) is 4.72 Å². The third-order valence-electron chi connectivity index (χ3n) is 6.80. The van der Waals surface area contributed by atoms with Gasteiger partial charge in [-0.1, -0.05) is 72.0 Å². The first kappa shape index (κ1) is 25.6. The second-order valence-electron chi connectivity index (χ2n) is 9.49. The van der Waals surface area contributed by atoms with Crippen LogP contribution in [0.4, 0.5) is 5.69 Å². The van der Waals surface area contributed by atoms with Crippen molar-refractivity contribution >= 4 is 50.2 Å². The van der Waals surface area contributed by atoms with Crippen molar-refractivity contribution in [3.63, 3.8) is 0 Å². The maximum Gasteiger partial charge on any atom is 0.219 e. The summed E-state index contributed by atoms with van der Waals surface area (Å²) in [6, 6.07) is 26.3. The van der Waals surface area contributed by atoms with Gasteiger partial charge in [0.25, 0.3) is 0 Å². The van der Waals surface area contributed by atoms with Gasteiger partial charge >= 0.3 is 0 Å². The maximum absolute atomic E-state index is 12.9. The molecule has 1 aliphatic rings. The number of amidine groups is 1. The molecular formula is C30H27BrN6OS. The number of nitrogens with zero attached hydrogens (tertiary/aromatic N) is 5. The van der Waals surface area contributed by atoms with Gasteiger partial charge in [0.2, 0.25) is 17.4 Å². The summed E-state index contributed by atoms with van der Waals surface area (Å²) >= 11 is 2.01. The number of halogens is 1. The minimum absolute atomic E-state index is 0.568. The van der Waals surface area contributed by atoms with Crippen molar-refractivity contribution in [2.24, 2.45) is 5.10 Å². The molecule has 7 nitrogen and oxygen atoms in total. The lowest BCUT2D eigenvalue weighted by Crippen LogP contribution is -2.32. The molecule has 6 rings (SSSR count). The zero-order valence-corrected chi connectivity index (χ0v) is 24.3. The van der Waals surface area contributed by atoms with Crippen LogP contribution in [0.1, 0.15) is 35.1 Å². The number of benzene rings is 3. The van der Waals surface area contributed by atoms with Crippen LogP contribution in [0.25, 0.3) is 22.3 Å². The van der Waals surface area contributed by atoms with E-state index in [4.69, 9.17) is 9.97 Å². The highest BCUT2D eigenvalue weighted by Crippen LogP contribution is 2.32. The molecule has 0 bridgehead atoms. The second kappa shape index (κ2) is 10.5. The molecule has 1 atom stereocenters. The Kier molecular flexibility index (Phi) is 6.88. The standard InChI is InChI=1S/C30H27BrN6OS/c1-4-27-33-28-19(2)17-20(3)32-30(28)36(27)18-21-13-15-22(16-14-21)23-9-5-6-10-24(23)29-34-37(39(38)35-29)26-12-8-7-11-25(26)31/h5-17H,4,18H2,1-3H3,(H,34,35). The molecule has 3 aromatic carbocycles. The number of hydrogen-bond donors (Lipinski definition) is 1. The van der Waals surface area contributed by atoms with Gasteiger partial charge in [0.15, 0.2) is 5.65 Å². The molecule has 2 aromatic heterocycles. The maximum atomic E-state index is 12.9. The minimum Gasteiger partial charge on any atom is -0.567 e. The van der Waals surface area contributed by atoms with E-state index in [9.17, 15) is 4.55 Å². The molecule has 1 unspecified atom stereocenters. The van der Waals surface area contributed by atoms with Crippen molar-refractivity contribution in [1.82, 2.24) is 19.3 Å². The van der Waals surface area contributed by atoms with E-state index in [2.05, 4.69) is 80.6 Å². The van der Waals surface area contributed by atoms with Crippen molar-refractivity contribution in [3.05, 3.63) is 112 Å². The Balaban J connectivity index is 1.31. The van der Waals surface area contributed by atoms with Gasteiger partial charge in [-0.3, -0.25) is 0 Å². The quantitative estimate of drug-likeness (QED) is 0.227. The summed E-state index contributed by atoms with van der Waals surface area (Å²) in [4.78, 5) is 9.69. The largest absolute Gasteiger partial charge is 0.567 e. The first-order valence-electron chi connectivity index (χ1n) is 12.8. The van der Waals surface area contributed by atoms with E-state index in [1.807, 2.05) is 49.4 Å². The Morgan fingerprint density at radius 3 is 2.38 bits per heavy atom. The van der Waals surface area contributed by atoms with Crippen LogP contribution in [0, 0.1) is 13.8 Å². The fourth-order valence-corrected chi connectivity index (χ4v) is 6.40. The van der Waals surface area contributed by atoms with Crippen molar-refractivity contribution < 1.29 is 4.55 Å². The molecule has 0 fully saturated rings. The smallest absolute Gasteiger partial charge is 0.219 e. The Hall–Kier alpha value is -3.66. The van der Waals surface area contributed by atoms with Gasteiger partial charge in [0.05, 0.1) is 6.54 Å². The van der Waals surface area contributed by atoms with E-state index >= 15 is 0 Å². The summed E-state index contributed by atoms with van der Waals surface area (Å²) in [5.74, 6) is 1.60. The van der Waals surface area contributed by atoms with E-state index in [0.717, 1.165) is 61.5 Å². The fraction of sp³-hybridized carbons (Fsp3) is 0.167. The van der Waals surface area contributed by atoms with Crippen molar-refractivity contribution in [1.29, 1.82) is 0 Å². The van der Waals surface area contributed by atoms with E-state index in [1.54, 1.807) is 0 Å². The van der Waals surface area contributed by atoms with E-state index in [-0.39, 0.29) is 0 Å². The molecule has 0 aliphatic carbocycles. The minimum atomic E-state index is -1.52. The average molecular weight is 600 g/mol. The molecule has 1 aliphatic heterocycles. The Morgan fingerprint density at radius 2 is 1.64 bits per heavy atom. The molecular weight excluding hydrogens is 572 g/mol. The molecule has 0 spiro atoms. The molecule has 0 radical (unpaired) electrons. The first-order valence-corrected chi connectivity index (χ1v) is 14.7. The van der Waals surface area contributed by atoms with Gasteiger partial charge in [-0.25, -0.2) is 9.97 Å². The lowest BCUT2D eigenvalue weighted by Gasteiger charge is -2.14. The lowest BCUT2D eigenvalue weighted by molar-refractivity contribution is 0.591. The molecule has 3 heterocycles. The molecule has 5 aromatic rings. The summed E-state index contributed by atoms with van der Waals surface area (Å²) in [6.07, 6.45) is 0.841. The van der Waals surface area contributed by atoms with E-state index in [1.165, 1.54) is 9.98 Å². The molecule has 9 heteroatoms. The number of para-hydroxylation sites is 1. The molecule has 0 saturated heterocycles. The first-order chi connectivity index (χ1) is 18.9. The van der Waals surface area contributed by atoms with Crippen LogP contribution in [0.3, 0.4) is 0 Å². The number of fused-ring (bicyclic) bond motifs is 1. The SMILES string of the molecule is CCc1nc2c(C)cc(C)nc2n1Cc1ccc(-c2ccccc2C2=NN(c3ccccc3Br)[S+]([O-])N2)cc1. The molecule has 1 N–H and O–H groups in total. The summed E-state index contributed by atoms with van der Waals surface area (Å²) in [7, 11) is 0. The fourth-order valence-electron chi connectivity index (χ4n) is 4.93. The van der Waals surface area contributed by atoms with Crippen LogP contribution in [0.5, 0.6) is 0 Å². The third-order valence-corrected chi connectivity index (χ3v) is 8.43. The summed E-state index contributed by atoms with van der Waals surface area (Å²) in [5, 5.41) is 4.68. The number of aromatic nitrogens is 3. The molecule has 39 heavy (non-hydrogen) atoms. The highest BCUT2D eigenvalue weighted by atomic mass is 79.9. The molecule has 196 valence electrons. The van der Waals surface area contributed by atoms with Crippen LogP contribution in [-0.4, -0.2) is 24.9 Å². The predicted molar refractivity (Wildman–Crippen MR) is 162 cm³/mol. The van der Waals surface area contributed by atoms with Crippen molar-refractivity contribution in [3.8, 4) is 11.1 Å². The van der Waals surface area contributed by atoms with Gasteiger partial charge in [-0.15, -0.1) is 5.10 Å². The van der Waals surface area contributed by atoms with E-state index in [0.29, 0.717) is 12.4 Å². The number of imidazole rings is 1. The Bertz CT molecular complexity index is 1720. The average Bonchev–Trinajstić information content (AvgIpc) is 3.50.